The Hall–Kier alpha value is 0.223. The molecule has 1 aromatic rings. The van der Waals surface area contributed by atoms with Crippen molar-refractivity contribution in [2.75, 3.05) is 0 Å². The van der Waals surface area contributed by atoms with Gasteiger partial charge in [0.25, 0.3) is 0 Å². The fourth-order valence-electron chi connectivity index (χ4n) is 0.667. The summed E-state index contributed by atoms with van der Waals surface area (Å²) in [6.07, 6.45) is 3.35. The zero-order valence-corrected chi connectivity index (χ0v) is 11.4. The van der Waals surface area contributed by atoms with E-state index in [0.717, 1.165) is 5.69 Å². The Labute approximate surface area is 91.0 Å². The summed E-state index contributed by atoms with van der Waals surface area (Å²) in [5, 5.41) is 4.26. The van der Waals surface area contributed by atoms with E-state index in [-0.39, 0.29) is 0 Å². The molecule has 0 amide bonds. The van der Waals surface area contributed by atoms with Crippen LogP contribution in [0.2, 0.25) is 0 Å². The van der Waals surface area contributed by atoms with Crippen LogP contribution >= 0.6 is 0 Å². The van der Waals surface area contributed by atoms with Gasteiger partial charge in [0.1, 0.15) is 0 Å². The molecule has 0 aliphatic rings. The van der Waals surface area contributed by atoms with Crippen LogP contribution < -0.4 is 0 Å². The molecule has 12 heavy (non-hydrogen) atoms. The Kier molecular flexibility index (Phi) is 8.00. The molecule has 0 aliphatic carbocycles. The van der Waals surface area contributed by atoms with E-state index < -0.39 is 0 Å². The topological polar surface area (TPSA) is 27.0 Å². The monoisotopic (exact) mass is 369 g/mol. The first-order valence-corrected chi connectivity index (χ1v) is 9.48. The summed E-state index contributed by atoms with van der Waals surface area (Å²) in [5.41, 5.74) is 0.880. The van der Waals surface area contributed by atoms with E-state index in [1.54, 1.807) is 12.4 Å². The normalized spacial score (nSPS) is 8.50. The molecule has 0 aromatic carbocycles. The second-order valence-electron chi connectivity index (χ2n) is 2.35. The zero-order chi connectivity index (χ0) is 9.40. The molecular weight excluding hydrogens is 359 g/mol. The van der Waals surface area contributed by atoms with Gasteiger partial charge in [0.05, 0.1) is 0 Å². The molecule has 65 valence electrons. The van der Waals surface area contributed by atoms with E-state index in [2.05, 4.69) is 30.4 Å². The van der Waals surface area contributed by atoms with Crippen molar-refractivity contribution in [1.29, 1.82) is 0 Å². The summed E-state index contributed by atoms with van der Waals surface area (Å²) in [4.78, 5) is 3.84. The van der Waals surface area contributed by atoms with Crippen molar-refractivity contribution in [1.82, 2.24) is 4.98 Å². The van der Waals surface area contributed by atoms with Gasteiger partial charge >= 0.3 is 30.9 Å². The van der Waals surface area contributed by atoms with Gasteiger partial charge in [0.15, 0.2) is 0 Å². The molecule has 1 rings (SSSR count). The molecular formula is C8H10N2VW-2. The van der Waals surface area contributed by atoms with Gasteiger partial charge in [0, 0.05) is 0 Å². The molecule has 0 unspecified atom stereocenters. The fraction of sp³-hybridized carbons (Fsp3) is 0.375. The number of pyridine rings is 1. The third kappa shape index (κ3) is 5.82. The molecule has 0 radical (unpaired) electrons. The quantitative estimate of drug-likeness (QED) is 0.736. The summed E-state index contributed by atoms with van der Waals surface area (Å²) in [6.45, 7) is 4.07. The maximum atomic E-state index is 4.26. The molecule has 0 aliphatic heterocycles. The summed E-state index contributed by atoms with van der Waals surface area (Å²) in [5.74, 6) is 0. The molecule has 0 atom stereocenters. The van der Waals surface area contributed by atoms with Crippen molar-refractivity contribution >= 4 is 5.69 Å². The van der Waals surface area contributed by atoms with Crippen molar-refractivity contribution in [3.05, 3.63) is 29.8 Å². The second-order valence-corrected chi connectivity index (χ2v) is 2.35. The van der Waals surface area contributed by atoms with Crippen molar-refractivity contribution in [3.8, 4) is 0 Å². The standard InChI is InChI=1S/C8H10N2.V.W/c1-7(2)10-8-3-5-9-6-4-8;;/h3,5-7H,1-2H3;;/q-2;;. The van der Waals surface area contributed by atoms with Crippen molar-refractivity contribution in [3.63, 3.8) is 0 Å². The van der Waals surface area contributed by atoms with E-state index in [1.165, 1.54) is 16.8 Å². The number of hydrogen-bond donors (Lipinski definition) is 0. The fourth-order valence-corrected chi connectivity index (χ4v) is 0.667. The molecule has 0 spiro atoms. The third-order valence-corrected chi connectivity index (χ3v) is 1.00. The van der Waals surface area contributed by atoms with Gasteiger partial charge in [-0.05, 0) is 0 Å². The Morgan fingerprint density at radius 1 is 1.58 bits per heavy atom. The molecule has 0 bridgehead atoms. The maximum absolute atomic E-state index is 4.26. The molecule has 2 nitrogen and oxygen atoms in total. The Balaban J connectivity index is 0.000000561. The van der Waals surface area contributed by atoms with Crippen LogP contribution in [0.3, 0.4) is 0 Å². The van der Waals surface area contributed by atoms with Gasteiger partial charge < -0.3 is 16.0 Å². The van der Waals surface area contributed by atoms with Gasteiger partial charge in [-0.3, -0.25) is 0 Å². The molecule has 0 fully saturated rings. The first kappa shape index (κ1) is 12.2. The number of aromatic nitrogens is 1. The zero-order valence-electron chi connectivity index (χ0n) is 7.06. The van der Waals surface area contributed by atoms with Crippen LogP contribution in [0.1, 0.15) is 13.8 Å². The Bertz CT molecular complexity index is 203. The Morgan fingerprint density at radius 3 is 2.67 bits per heavy atom. The molecule has 0 saturated carbocycles. The first-order chi connectivity index (χ1) is 5.79. The van der Waals surface area contributed by atoms with E-state index in [4.69, 9.17) is 0 Å². The van der Waals surface area contributed by atoms with Crippen LogP contribution in [0.15, 0.2) is 18.5 Å². The third-order valence-electron chi connectivity index (χ3n) is 1.00. The van der Waals surface area contributed by atoms with Crippen LogP contribution in [-0.2, 0) is 30.9 Å². The summed E-state index contributed by atoms with van der Waals surface area (Å²) in [7, 11) is 0. The van der Waals surface area contributed by atoms with Crippen LogP contribution in [0, 0.1) is 6.07 Å². The first-order valence-electron chi connectivity index (χ1n) is 3.50. The minimum atomic E-state index is 0.332. The van der Waals surface area contributed by atoms with Crippen LogP contribution in [0.25, 0.3) is 5.32 Å². The van der Waals surface area contributed by atoms with Gasteiger partial charge in [0.2, 0.25) is 0 Å². The summed E-state index contributed by atoms with van der Waals surface area (Å²) in [6, 6.07) is 5.10. The van der Waals surface area contributed by atoms with Crippen molar-refractivity contribution in [2.24, 2.45) is 0 Å². The molecule has 1 heterocycles. The molecule has 1 aromatic heterocycles. The summed E-state index contributed by atoms with van der Waals surface area (Å²) < 4.78 is 0. The van der Waals surface area contributed by atoms with Crippen LogP contribution in [0.5, 0.6) is 0 Å². The summed E-state index contributed by atoms with van der Waals surface area (Å²) >= 11 is 3.92. The van der Waals surface area contributed by atoms with E-state index >= 15 is 0 Å². The molecule has 4 heteroatoms. The number of rotatable bonds is 2. The van der Waals surface area contributed by atoms with E-state index in [0.29, 0.717) is 6.04 Å². The second kappa shape index (κ2) is 7.85. The number of nitrogens with zero attached hydrogens (tertiary/aromatic N) is 2. The minimum absolute atomic E-state index is 0.332. The number of hydrogen-bond acceptors (Lipinski definition) is 1. The SMILES string of the molecule is CC(C)[N-]c1[c-]cncc1.[V]=[W]. The van der Waals surface area contributed by atoms with Gasteiger partial charge in [-0.1, -0.05) is 26.2 Å². The predicted molar refractivity (Wildman–Crippen MR) is 41.2 cm³/mol. The Morgan fingerprint density at radius 2 is 2.25 bits per heavy atom. The predicted octanol–water partition coefficient (Wildman–Crippen LogP) is 2.29. The molecule has 0 N–H and O–H groups in total. The van der Waals surface area contributed by atoms with Gasteiger partial charge in [-0.15, -0.1) is 6.04 Å². The van der Waals surface area contributed by atoms with E-state index in [9.17, 15) is 0 Å². The van der Waals surface area contributed by atoms with Gasteiger partial charge in [-0.25, -0.2) is 12.1 Å². The molecule has 0 saturated heterocycles. The van der Waals surface area contributed by atoms with Crippen molar-refractivity contribution in [2.45, 2.75) is 19.9 Å². The van der Waals surface area contributed by atoms with Crippen LogP contribution in [0.4, 0.5) is 5.69 Å². The van der Waals surface area contributed by atoms with Crippen molar-refractivity contribution < 1.29 is 30.9 Å². The van der Waals surface area contributed by atoms with Crippen LogP contribution in [-0.4, -0.2) is 11.0 Å². The average molecular weight is 369 g/mol. The average Bonchev–Trinajstić information content (AvgIpc) is 2.08. The van der Waals surface area contributed by atoms with Gasteiger partial charge in [-0.2, -0.15) is 0 Å². The van der Waals surface area contributed by atoms with E-state index in [1.807, 2.05) is 19.9 Å².